The number of hydrogen-bond acceptors (Lipinski definition) is 2. The van der Waals surface area contributed by atoms with Gasteiger partial charge < -0.3 is 5.73 Å². The number of hydrogen-bond donors (Lipinski definition) is 1. The summed E-state index contributed by atoms with van der Waals surface area (Å²) in [7, 11) is 0. The first-order valence-corrected chi connectivity index (χ1v) is 7.21. The van der Waals surface area contributed by atoms with Crippen LogP contribution in [0.15, 0.2) is 66.9 Å². The molecule has 3 aromatic rings. The molecule has 21 heavy (non-hydrogen) atoms. The molecule has 106 valence electrons. The highest BCUT2D eigenvalue weighted by Gasteiger charge is 2.18. The summed E-state index contributed by atoms with van der Waals surface area (Å²) in [5.74, 6) is 0.501. The van der Waals surface area contributed by atoms with Crippen LogP contribution in [0.5, 0.6) is 0 Å². The maximum absolute atomic E-state index is 6.06. The molecule has 2 aromatic carbocycles. The Balaban J connectivity index is 2.01. The largest absolute Gasteiger partial charge is 0.383 e. The highest BCUT2D eigenvalue weighted by molar-refractivity contribution is 6.32. The molecule has 4 heteroatoms. The van der Waals surface area contributed by atoms with Crippen molar-refractivity contribution in [2.45, 2.75) is 12.5 Å². The third-order valence-electron chi connectivity index (χ3n) is 3.54. The molecule has 3 rings (SSSR count). The van der Waals surface area contributed by atoms with E-state index < -0.39 is 0 Å². The van der Waals surface area contributed by atoms with E-state index in [0.29, 0.717) is 10.8 Å². The van der Waals surface area contributed by atoms with Gasteiger partial charge in [0.1, 0.15) is 10.8 Å². The van der Waals surface area contributed by atoms with E-state index in [4.69, 9.17) is 17.3 Å². The number of nitrogens with zero attached hydrogens (tertiary/aromatic N) is 2. The Bertz CT molecular complexity index is 707. The van der Waals surface area contributed by atoms with E-state index in [-0.39, 0.29) is 6.04 Å². The zero-order valence-corrected chi connectivity index (χ0v) is 12.2. The summed E-state index contributed by atoms with van der Waals surface area (Å²) in [6.07, 6.45) is 2.41. The summed E-state index contributed by atoms with van der Waals surface area (Å²) < 4.78 is 1.80. The topological polar surface area (TPSA) is 43.8 Å². The normalized spacial score (nSPS) is 12.2. The van der Waals surface area contributed by atoms with E-state index >= 15 is 0 Å². The molecule has 0 amide bonds. The van der Waals surface area contributed by atoms with Gasteiger partial charge in [0.2, 0.25) is 0 Å². The van der Waals surface area contributed by atoms with E-state index in [2.05, 4.69) is 29.4 Å². The molecule has 0 radical (unpaired) electrons. The second-order valence-electron chi connectivity index (χ2n) is 4.94. The highest BCUT2D eigenvalue weighted by atomic mass is 35.5. The maximum atomic E-state index is 6.06. The van der Waals surface area contributed by atoms with E-state index in [1.807, 2.05) is 36.4 Å². The van der Waals surface area contributed by atoms with Gasteiger partial charge in [-0.05, 0) is 17.5 Å². The highest BCUT2D eigenvalue weighted by Crippen LogP contribution is 2.28. The van der Waals surface area contributed by atoms with Crippen LogP contribution >= 0.6 is 11.6 Å². The van der Waals surface area contributed by atoms with E-state index in [9.17, 15) is 0 Å². The molecule has 1 unspecified atom stereocenters. The number of rotatable bonds is 4. The molecule has 3 nitrogen and oxygen atoms in total. The SMILES string of the molecule is Nc1c(Cl)cnn1C(Cc1ccccc1)c1ccccc1. The van der Waals surface area contributed by atoms with Gasteiger partial charge in [-0.1, -0.05) is 72.3 Å². The fourth-order valence-corrected chi connectivity index (χ4v) is 2.59. The maximum Gasteiger partial charge on any atom is 0.141 e. The monoisotopic (exact) mass is 297 g/mol. The number of anilines is 1. The molecule has 1 aromatic heterocycles. The van der Waals surface area contributed by atoms with Crippen molar-refractivity contribution >= 4 is 17.4 Å². The lowest BCUT2D eigenvalue weighted by molar-refractivity contribution is 0.528. The van der Waals surface area contributed by atoms with Gasteiger partial charge >= 0.3 is 0 Å². The third kappa shape index (κ3) is 2.93. The molecule has 1 heterocycles. The van der Waals surface area contributed by atoms with Crippen LogP contribution in [-0.4, -0.2) is 9.78 Å². The molecule has 0 bridgehead atoms. The summed E-state index contributed by atoms with van der Waals surface area (Å²) in [6, 6.07) is 20.6. The van der Waals surface area contributed by atoms with E-state index in [1.54, 1.807) is 10.9 Å². The zero-order valence-electron chi connectivity index (χ0n) is 11.5. The van der Waals surface area contributed by atoms with Gasteiger partial charge in [0.05, 0.1) is 12.2 Å². The molecule has 0 spiro atoms. The number of nitrogen functional groups attached to an aromatic ring is 1. The van der Waals surface area contributed by atoms with Gasteiger partial charge in [-0.3, -0.25) is 0 Å². The van der Waals surface area contributed by atoms with Crippen LogP contribution < -0.4 is 5.73 Å². The predicted molar refractivity (Wildman–Crippen MR) is 86.4 cm³/mol. The molecular weight excluding hydrogens is 282 g/mol. The molecule has 0 saturated heterocycles. The van der Waals surface area contributed by atoms with Gasteiger partial charge in [-0.25, -0.2) is 4.68 Å². The van der Waals surface area contributed by atoms with Crippen molar-refractivity contribution in [2.75, 3.05) is 5.73 Å². The van der Waals surface area contributed by atoms with Crippen molar-refractivity contribution in [3.05, 3.63) is 83.0 Å². The Morgan fingerprint density at radius 1 is 1.00 bits per heavy atom. The van der Waals surface area contributed by atoms with Crippen molar-refractivity contribution in [3.8, 4) is 0 Å². The molecule has 2 N–H and O–H groups in total. The number of benzene rings is 2. The van der Waals surface area contributed by atoms with E-state index in [0.717, 1.165) is 12.0 Å². The van der Waals surface area contributed by atoms with Gasteiger partial charge in [-0.2, -0.15) is 5.10 Å². The first-order chi connectivity index (χ1) is 10.3. The van der Waals surface area contributed by atoms with Crippen molar-refractivity contribution < 1.29 is 0 Å². The Morgan fingerprint density at radius 2 is 1.62 bits per heavy atom. The van der Waals surface area contributed by atoms with Crippen molar-refractivity contribution in [2.24, 2.45) is 0 Å². The molecule has 0 saturated carbocycles. The summed E-state index contributed by atoms with van der Waals surface area (Å²) in [4.78, 5) is 0. The van der Waals surface area contributed by atoms with E-state index in [1.165, 1.54) is 5.56 Å². The predicted octanol–water partition coefficient (Wildman–Crippen LogP) is 3.95. The zero-order chi connectivity index (χ0) is 14.7. The average Bonchev–Trinajstić information content (AvgIpc) is 2.87. The summed E-state index contributed by atoms with van der Waals surface area (Å²) in [5.41, 5.74) is 8.46. The smallest absolute Gasteiger partial charge is 0.141 e. The van der Waals surface area contributed by atoms with Crippen molar-refractivity contribution in [1.29, 1.82) is 0 Å². The van der Waals surface area contributed by atoms with Crippen LogP contribution in [0, 0.1) is 0 Å². The minimum Gasteiger partial charge on any atom is -0.383 e. The minimum absolute atomic E-state index is 0.0288. The van der Waals surface area contributed by atoms with Crippen LogP contribution in [0.4, 0.5) is 5.82 Å². The van der Waals surface area contributed by atoms with Gasteiger partial charge in [0.15, 0.2) is 0 Å². The quantitative estimate of drug-likeness (QED) is 0.792. The number of nitrogens with two attached hydrogens (primary N) is 1. The Hall–Kier alpha value is -2.26. The lowest BCUT2D eigenvalue weighted by Crippen LogP contribution is -2.17. The first-order valence-electron chi connectivity index (χ1n) is 6.83. The molecule has 0 fully saturated rings. The van der Waals surface area contributed by atoms with Crippen LogP contribution in [-0.2, 0) is 6.42 Å². The third-order valence-corrected chi connectivity index (χ3v) is 3.83. The van der Waals surface area contributed by atoms with Crippen LogP contribution in [0.2, 0.25) is 5.02 Å². The first kappa shape index (κ1) is 13.7. The summed E-state index contributed by atoms with van der Waals surface area (Å²) >= 11 is 6.06. The van der Waals surface area contributed by atoms with Crippen LogP contribution in [0.3, 0.4) is 0 Å². The summed E-state index contributed by atoms with van der Waals surface area (Å²) in [6.45, 7) is 0. The van der Waals surface area contributed by atoms with Crippen molar-refractivity contribution in [1.82, 2.24) is 9.78 Å². The van der Waals surface area contributed by atoms with Crippen LogP contribution in [0.1, 0.15) is 17.2 Å². The second kappa shape index (κ2) is 6.02. The fraction of sp³-hybridized carbons (Fsp3) is 0.118. The lowest BCUT2D eigenvalue weighted by atomic mass is 9.99. The van der Waals surface area contributed by atoms with Crippen LogP contribution in [0.25, 0.3) is 0 Å². The second-order valence-corrected chi connectivity index (χ2v) is 5.35. The molecular formula is C17H16ClN3. The molecule has 1 atom stereocenters. The fourth-order valence-electron chi connectivity index (χ4n) is 2.46. The lowest BCUT2D eigenvalue weighted by Gasteiger charge is -2.19. The molecule has 0 aliphatic carbocycles. The van der Waals surface area contributed by atoms with Gasteiger partial charge in [0, 0.05) is 0 Å². The summed E-state index contributed by atoms with van der Waals surface area (Å²) in [5, 5.41) is 4.84. The molecule has 0 aliphatic rings. The van der Waals surface area contributed by atoms with Crippen molar-refractivity contribution in [3.63, 3.8) is 0 Å². The van der Waals surface area contributed by atoms with Gasteiger partial charge in [-0.15, -0.1) is 0 Å². The Labute approximate surface area is 129 Å². The standard InChI is InChI=1S/C17H16ClN3/c18-15-12-20-21(17(15)19)16(14-9-5-2-6-10-14)11-13-7-3-1-4-8-13/h1-10,12,16H,11,19H2. The van der Waals surface area contributed by atoms with Gasteiger partial charge in [0.25, 0.3) is 0 Å². The Kier molecular flexibility index (Phi) is 3.93. The number of halogens is 1. The average molecular weight is 298 g/mol. The molecule has 0 aliphatic heterocycles. The number of aromatic nitrogens is 2. The Morgan fingerprint density at radius 3 is 2.19 bits per heavy atom. The minimum atomic E-state index is 0.0288.